The molecule has 0 spiro atoms. The molecule has 1 atom stereocenters. The molecule has 0 bridgehead atoms. The van der Waals surface area contributed by atoms with E-state index in [1.807, 2.05) is 12.1 Å². The molecule has 5 nitrogen and oxygen atoms in total. The molecule has 0 fully saturated rings. The van der Waals surface area contributed by atoms with Gasteiger partial charge < -0.3 is 10.6 Å². The molecule has 2 aromatic rings. The maximum Gasteiger partial charge on any atom is 0.253 e. The number of nitrogens with one attached hydrogen (secondary N) is 2. The SMILES string of the molecule is CC(NC(=O)c1cccc(Cl)c1Cl)C(=O)NCCc1cccnc1. The first kappa shape index (κ1) is 18.2. The number of pyridine rings is 1. The Kier molecular flexibility index (Phi) is 6.58. The molecule has 24 heavy (non-hydrogen) atoms. The second-order valence-electron chi connectivity index (χ2n) is 5.20. The van der Waals surface area contributed by atoms with E-state index in [9.17, 15) is 9.59 Å². The average Bonchev–Trinajstić information content (AvgIpc) is 2.58. The number of amides is 2. The summed E-state index contributed by atoms with van der Waals surface area (Å²) in [5.74, 6) is -0.720. The number of carbonyl (C=O) groups is 2. The lowest BCUT2D eigenvalue weighted by Gasteiger charge is -2.15. The molecule has 2 rings (SSSR count). The molecule has 0 aliphatic rings. The largest absolute Gasteiger partial charge is 0.354 e. The minimum atomic E-state index is -0.693. The first-order valence-corrected chi connectivity index (χ1v) is 8.16. The number of carbonyl (C=O) groups excluding carboxylic acids is 2. The van der Waals surface area contributed by atoms with E-state index in [1.165, 1.54) is 0 Å². The van der Waals surface area contributed by atoms with Gasteiger partial charge in [-0.15, -0.1) is 0 Å². The Labute approximate surface area is 150 Å². The van der Waals surface area contributed by atoms with Crippen LogP contribution in [0.1, 0.15) is 22.8 Å². The first-order valence-electron chi connectivity index (χ1n) is 7.40. The molecule has 2 amide bonds. The van der Waals surface area contributed by atoms with Crippen LogP contribution in [0.25, 0.3) is 0 Å². The summed E-state index contributed by atoms with van der Waals surface area (Å²) >= 11 is 11.9. The van der Waals surface area contributed by atoms with Crippen LogP contribution in [0.3, 0.4) is 0 Å². The van der Waals surface area contributed by atoms with Crippen molar-refractivity contribution < 1.29 is 9.59 Å². The minimum Gasteiger partial charge on any atom is -0.354 e. The quantitative estimate of drug-likeness (QED) is 0.826. The molecule has 1 aromatic heterocycles. The van der Waals surface area contributed by atoms with Gasteiger partial charge in [0.05, 0.1) is 15.6 Å². The number of halogens is 2. The Morgan fingerprint density at radius 2 is 2.00 bits per heavy atom. The molecule has 126 valence electrons. The molecular weight excluding hydrogens is 349 g/mol. The Balaban J connectivity index is 1.85. The van der Waals surface area contributed by atoms with Crippen LogP contribution >= 0.6 is 23.2 Å². The normalized spacial score (nSPS) is 11.6. The summed E-state index contributed by atoms with van der Waals surface area (Å²) in [7, 11) is 0. The van der Waals surface area contributed by atoms with E-state index in [-0.39, 0.29) is 21.5 Å². The van der Waals surface area contributed by atoms with Crippen LogP contribution < -0.4 is 10.6 Å². The van der Waals surface area contributed by atoms with Gasteiger partial charge in [-0.2, -0.15) is 0 Å². The van der Waals surface area contributed by atoms with Gasteiger partial charge in [0.1, 0.15) is 6.04 Å². The van der Waals surface area contributed by atoms with Crippen molar-refractivity contribution in [2.24, 2.45) is 0 Å². The minimum absolute atomic E-state index is 0.167. The summed E-state index contributed by atoms with van der Waals surface area (Å²) in [5.41, 5.74) is 1.26. The van der Waals surface area contributed by atoms with Gasteiger partial charge >= 0.3 is 0 Å². The Morgan fingerprint density at radius 3 is 2.71 bits per heavy atom. The number of benzene rings is 1. The zero-order valence-corrected chi connectivity index (χ0v) is 14.6. The van der Waals surface area contributed by atoms with Gasteiger partial charge in [0.2, 0.25) is 5.91 Å². The summed E-state index contributed by atoms with van der Waals surface area (Å²) < 4.78 is 0. The zero-order chi connectivity index (χ0) is 17.5. The fourth-order valence-electron chi connectivity index (χ4n) is 2.05. The fourth-order valence-corrected chi connectivity index (χ4v) is 2.43. The highest BCUT2D eigenvalue weighted by Gasteiger charge is 2.18. The second kappa shape index (κ2) is 8.66. The predicted molar refractivity (Wildman–Crippen MR) is 94.3 cm³/mol. The lowest BCUT2D eigenvalue weighted by Crippen LogP contribution is -2.45. The van der Waals surface area contributed by atoms with Crippen LogP contribution in [-0.2, 0) is 11.2 Å². The van der Waals surface area contributed by atoms with E-state index in [2.05, 4.69) is 15.6 Å². The highest BCUT2D eigenvalue weighted by atomic mass is 35.5. The molecule has 0 radical (unpaired) electrons. The molecule has 0 saturated carbocycles. The molecule has 0 aliphatic heterocycles. The third kappa shape index (κ3) is 4.94. The van der Waals surface area contributed by atoms with Crippen molar-refractivity contribution >= 4 is 35.0 Å². The molecule has 0 aliphatic carbocycles. The summed E-state index contributed by atoms with van der Waals surface area (Å²) in [5, 5.41) is 5.84. The van der Waals surface area contributed by atoms with Gasteiger partial charge in [0.15, 0.2) is 0 Å². The van der Waals surface area contributed by atoms with E-state index in [0.717, 1.165) is 5.56 Å². The number of hydrogen-bond acceptors (Lipinski definition) is 3. The van der Waals surface area contributed by atoms with Crippen LogP contribution in [0.15, 0.2) is 42.7 Å². The van der Waals surface area contributed by atoms with Gasteiger partial charge in [0, 0.05) is 18.9 Å². The van der Waals surface area contributed by atoms with Crippen LogP contribution in [-0.4, -0.2) is 29.4 Å². The van der Waals surface area contributed by atoms with Gasteiger partial charge in [-0.25, -0.2) is 0 Å². The standard InChI is InChI=1S/C17H17Cl2N3O2/c1-11(16(23)21-9-7-12-4-3-8-20-10-12)22-17(24)13-5-2-6-14(18)15(13)19/h2-6,8,10-11H,7,9H2,1H3,(H,21,23)(H,22,24). The van der Waals surface area contributed by atoms with Gasteiger partial charge in [0.25, 0.3) is 5.91 Å². The summed E-state index contributed by atoms with van der Waals surface area (Å²) in [6.45, 7) is 2.07. The number of hydrogen-bond donors (Lipinski definition) is 2. The predicted octanol–water partition coefficient (Wildman–Crippen LogP) is 2.87. The van der Waals surface area contributed by atoms with Gasteiger partial charge in [-0.05, 0) is 37.1 Å². The van der Waals surface area contributed by atoms with Crippen LogP contribution in [0.5, 0.6) is 0 Å². The van der Waals surface area contributed by atoms with E-state index in [4.69, 9.17) is 23.2 Å². The van der Waals surface area contributed by atoms with Crippen LogP contribution in [0.4, 0.5) is 0 Å². The third-order valence-corrected chi connectivity index (χ3v) is 4.19. The molecule has 2 N–H and O–H groups in total. The molecule has 0 saturated heterocycles. The Morgan fingerprint density at radius 1 is 1.21 bits per heavy atom. The second-order valence-corrected chi connectivity index (χ2v) is 5.98. The highest BCUT2D eigenvalue weighted by Crippen LogP contribution is 2.25. The first-order chi connectivity index (χ1) is 11.5. The van der Waals surface area contributed by atoms with Crippen molar-refractivity contribution in [1.29, 1.82) is 0 Å². The average molecular weight is 366 g/mol. The highest BCUT2D eigenvalue weighted by molar-refractivity contribution is 6.43. The van der Waals surface area contributed by atoms with E-state index in [1.54, 1.807) is 37.5 Å². The maximum atomic E-state index is 12.2. The molecule has 1 unspecified atom stereocenters. The van der Waals surface area contributed by atoms with Gasteiger partial charge in [-0.1, -0.05) is 35.3 Å². The van der Waals surface area contributed by atoms with Gasteiger partial charge in [-0.3, -0.25) is 14.6 Å². The Bertz CT molecular complexity index is 723. The van der Waals surface area contributed by atoms with Crippen molar-refractivity contribution in [3.8, 4) is 0 Å². The lowest BCUT2D eigenvalue weighted by molar-refractivity contribution is -0.122. The maximum absolute atomic E-state index is 12.2. The molecule has 7 heteroatoms. The number of nitrogens with zero attached hydrogens (tertiary/aromatic N) is 1. The molecule has 1 heterocycles. The van der Waals surface area contributed by atoms with Crippen molar-refractivity contribution in [2.75, 3.05) is 6.54 Å². The van der Waals surface area contributed by atoms with Crippen LogP contribution in [0.2, 0.25) is 10.0 Å². The molecular formula is C17H17Cl2N3O2. The van der Waals surface area contributed by atoms with E-state index < -0.39 is 11.9 Å². The summed E-state index contributed by atoms with van der Waals surface area (Å²) in [6, 6.07) is 7.86. The zero-order valence-electron chi connectivity index (χ0n) is 13.1. The Hall–Kier alpha value is -2.11. The van der Waals surface area contributed by atoms with Crippen molar-refractivity contribution in [3.05, 3.63) is 63.9 Å². The number of rotatable bonds is 6. The van der Waals surface area contributed by atoms with Crippen molar-refractivity contribution in [2.45, 2.75) is 19.4 Å². The topological polar surface area (TPSA) is 71.1 Å². The number of aromatic nitrogens is 1. The van der Waals surface area contributed by atoms with Crippen molar-refractivity contribution in [3.63, 3.8) is 0 Å². The smallest absolute Gasteiger partial charge is 0.253 e. The van der Waals surface area contributed by atoms with Crippen LogP contribution in [0, 0.1) is 0 Å². The monoisotopic (exact) mass is 365 g/mol. The third-order valence-electron chi connectivity index (χ3n) is 3.37. The molecule has 1 aromatic carbocycles. The fraction of sp³-hybridized carbons (Fsp3) is 0.235. The summed E-state index contributed by atoms with van der Waals surface area (Å²) in [6.07, 6.45) is 4.11. The lowest BCUT2D eigenvalue weighted by atomic mass is 10.2. The summed E-state index contributed by atoms with van der Waals surface area (Å²) in [4.78, 5) is 28.2. The van der Waals surface area contributed by atoms with Crippen molar-refractivity contribution in [1.82, 2.24) is 15.6 Å². The van der Waals surface area contributed by atoms with E-state index in [0.29, 0.717) is 13.0 Å². The van der Waals surface area contributed by atoms with E-state index >= 15 is 0 Å².